The molecule has 0 amide bonds. The van der Waals surface area contributed by atoms with E-state index in [9.17, 15) is 8.42 Å². The Hall–Kier alpha value is -1.34. The molecule has 0 fully saturated rings. The van der Waals surface area contributed by atoms with Crippen molar-refractivity contribution in [2.45, 2.75) is 6.92 Å². The van der Waals surface area contributed by atoms with Crippen LogP contribution in [0.15, 0.2) is 18.2 Å². The molecule has 0 saturated heterocycles. The summed E-state index contributed by atoms with van der Waals surface area (Å²) in [6.07, 6.45) is 0. The summed E-state index contributed by atoms with van der Waals surface area (Å²) in [6.45, 7) is 2.45. The quantitative estimate of drug-likeness (QED) is 0.742. The summed E-state index contributed by atoms with van der Waals surface area (Å²) in [5, 5.41) is 2.92. The summed E-state index contributed by atoms with van der Waals surface area (Å²) in [5.74, 6) is 1.10. The zero-order valence-corrected chi connectivity index (χ0v) is 10.8. The summed E-state index contributed by atoms with van der Waals surface area (Å²) < 4.78 is 30.1. The molecule has 17 heavy (non-hydrogen) atoms. The van der Waals surface area contributed by atoms with Crippen LogP contribution in [0.1, 0.15) is 6.92 Å². The van der Waals surface area contributed by atoms with Crippen LogP contribution in [0.25, 0.3) is 0 Å². The minimum absolute atomic E-state index is 0.0136. The van der Waals surface area contributed by atoms with Gasteiger partial charge in [-0.1, -0.05) is 13.0 Å². The van der Waals surface area contributed by atoms with E-state index in [4.69, 9.17) is 4.74 Å². The van der Waals surface area contributed by atoms with E-state index in [1.165, 1.54) is 7.11 Å². The molecule has 96 valence electrons. The molecule has 0 aliphatic heterocycles. The number of rotatable bonds is 7. The van der Waals surface area contributed by atoms with Gasteiger partial charge in [0.15, 0.2) is 0 Å². The number of nitrogens with one attached hydrogen (secondary N) is 2. The SMILES string of the molecule is CCNS(=O)(=O)CCNc1cccc(OC)n1. The lowest BCUT2D eigenvalue weighted by atomic mass is 10.4. The van der Waals surface area contributed by atoms with Crippen molar-refractivity contribution in [3.63, 3.8) is 0 Å². The summed E-state index contributed by atoms with van der Waals surface area (Å²) in [7, 11) is -1.66. The van der Waals surface area contributed by atoms with Crippen molar-refractivity contribution in [1.82, 2.24) is 9.71 Å². The monoisotopic (exact) mass is 259 g/mol. The smallest absolute Gasteiger partial charge is 0.214 e. The van der Waals surface area contributed by atoms with E-state index in [1.54, 1.807) is 25.1 Å². The van der Waals surface area contributed by atoms with E-state index >= 15 is 0 Å². The van der Waals surface area contributed by atoms with Crippen LogP contribution in [-0.4, -0.2) is 39.4 Å². The number of anilines is 1. The number of hydrogen-bond donors (Lipinski definition) is 2. The molecule has 0 spiro atoms. The highest BCUT2D eigenvalue weighted by molar-refractivity contribution is 7.89. The van der Waals surface area contributed by atoms with Gasteiger partial charge in [-0.2, -0.15) is 4.98 Å². The molecule has 1 heterocycles. The van der Waals surface area contributed by atoms with Gasteiger partial charge in [0, 0.05) is 19.2 Å². The molecule has 0 aromatic carbocycles. The number of nitrogens with zero attached hydrogens (tertiary/aromatic N) is 1. The Morgan fingerprint density at radius 3 is 2.82 bits per heavy atom. The number of sulfonamides is 1. The normalized spacial score (nSPS) is 11.2. The van der Waals surface area contributed by atoms with Gasteiger partial charge >= 0.3 is 0 Å². The second-order valence-electron chi connectivity index (χ2n) is 3.31. The molecular weight excluding hydrogens is 242 g/mol. The molecule has 0 unspecified atom stereocenters. The average molecular weight is 259 g/mol. The Morgan fingerprint density at radius 1 is 1.41 bits per heavy atom. The third-order valence-corrected chi connectivity index (χ3v) is 3.44. The fourth-order valence-electron chi connectivity index (χ4n) is 1.23. The Labute approximate surface area is 101 Å². The highest BCUT2D eigenvalue weighted by Crippen LogP contribution is 2.10. The van der Waals surface area contributed by atoms with Gasteiger partial charge in [-0.3, -0.25) is 0 Å². The molecule has 0 aliphatic carbocycles. The number of hydrogen-bond acceptors (Lipinski definition) is 5. The van der Waals surface area contributed by atoms with Crippen molar-refractivity contribution in [1.29, 1.82) is 0 Å². The van der Waals surface area contributed by atoms with Crippen molar-refractivity contribution in [3.8, 4) is 5.88 Å². The topological polar surface area (TPSA) is 80.3 Å². The fraction of sp³-hybridized carbons (Fsp3) is 0.500. The van der Waals surface area contributed by atoms with Crippen LogP contribution in [0, 0.1) is 0 Å². The van der Waals surface area contributed by atoms with Crippen LogP contribution in [0.5, 0.6) is 5.88 Å². The van der Waals surface area contributed by atoms with Gasteiger partial charge in [-0.15, -0.1) is 0 Å². The highest BCUT2D eigenvalue weighted by atomic mass is 32.2. The van der Waals surface area contributed by atoms with E-state index in [0.717, 1.165) is 0 Å². The number of methoxy groups -OCH3 is 1. The largest absolute Gasteiger partial charge is 0.481 e. The lowest BCUT2D eigenvalue weighted by Crippen LogP contribution is -2.29. The van der Waals surface area contributed by atoms with Gasteiger partial charge in [0.2, 0.25) is 15.9 Å². The highest BCUT2D eigenvalue weighted by Gasteiger charge is 2.07. The third kappa shape index (κ3) is 5.01. The zero-order chi connectivity index (χ0) is 12.7. The number of pyridine rings is 1. The first-order valence-electron chi connectivity index (χ1n) is 5.29. The lowest BCUT2D eigenvalue weighted by Gasteiger charge is -2.07. The second kappa shape index (κ2) is 6.41. The van der Waals surface area contributed by atoms with Gasteiger partial charge < -0.3 is 10.1 Å². The summed E-state index contributed by atoms with van der Waals surface area (Å²) in [5.41, 5.74) is 0. The Morgan fingerprint density at radius 2 is 2.18 bits per heavy atom. The van der Waals surface area contributed by atoms with Gasteiger partial charge in [0.1, 0.15) is 5.82 Å². The molecule has 2 N–H and O–H groups in total. The first-order valence-corrected chi connectivity index (χ1v) is 6.95. The van der Waals surface area contributed by atoms with Crippen LogP contribution < -0.4 is 14.8 Å². The van der Waals surface area contributed by atoms with Crippen LogP contribution in [0.4, 0.5) is 5.82 Å². The minimum Gasteiger partial charge on any atom is -0.481 e. The predicted octanol–water partition coefficient (Wildman–Crippen LogP) is 0.441. The molecule has 0 radical (unpaired) electrons. The molecule has 0 atom stereocenters. The molecule has 6 nitrogen and oxygen atoms in total. The van der Waals surface area contributed by atoms with Crippen LogP contribution in [-0.2, 0) is 10.0 Å². The van der Waals surface area contributed by atoms with Gasteiger partial charge in [0.25, 0.3) is 0 Å². The predicted molar refractivity (Wildman–Crippen MR) is 66.7 cm³/mol. The molecule has 1 aromatic rings. The Balaban J connectivity index is 2.45. The number of aromatic nitrogens is 1. The second-order valence-corrected chi connectivity index (χ2v) is 5.24. The first kappa shape index (κ1) is 13.7. The first-order chi connectivity index (χ1) is 8.07. The average Bonchev–Trinajstić information content (AvgIpc) is 2.29. The minimum atomic E-state index is -3.19. The summed E-state index contributed by atoms with van der Waals surface area (Å²) >= 11 is 0. The van der Waals surface area contributed by atoms with Crippen molar-refractivity contribution in [3.05, 3.63) is 18.2 Å². The molecule has 0 bridgehead atoms. The van der Waals surface area contributed by atoms with Crippen LogP contribution >= 0.6 is 0 Å². The lowest BCUT2D eigenvalue weighted by molar-refractivity contribution is 0.398. The van der Waals surface area contributed by atoms with Gasteiger partial charge in [0.05, 0.1) is 12.9 Å². The van der Waals surface area contributed by atoms with Gasteiger partial charge in [-0.25, -0.2) is 13.1 Å². The number of ether oxygens (including phenoxy) is 1. The molecule has 7 heteroatoms. The Bertz CT molecular complexity index is 448. The van der Waals surface area contributed by atoms with Gasteiger partial charge in [-0.05, 0) is 6.07 Å². The van der Waals surface area contributed by atoms with E-state index in [-0.39, 0.29) is 5.75 Å². The van der Waals surface area contributed by atoms with E-state index in [1.807, 2.05) is 0 Å². The fourth-order valence-corrected chi connectivity index (χ4v) is 2.19. The van der Waals surface area contributed by atoms with Crippen molar-refractivity contribution in [2.75, 3.05) is 31.3 Å². The molecule has 0 saturated carbocycles. The van der Waals surface area contributed by atoms with E-state index in [0.29, 0.717) is 24.8 Å². The van der Waals surface area contributed by atoms with Crippen LogP contribution in [0.3, 0.4) is 0 Å². The summed E-state index contributed by atoms with van der Waals surface area (Å²) in [4.78, 5) is 4.11. The molecular formula is C10H17N3O3S. The maximum atomic E-state index is 11.3. The Kier molecular flexibility index (Phi) is 5.17. The van der Waals surface area contributed by atoms with E-state index in [2.05, 4.69) is 15.0 Å². The molecule has 1 aromatic heterocycles. The maximum absolute atomic E-state index is 11.3. The van der Waals surface area contributed by atoms with Crippen molar-refractivity contribution >= 4 is 15.8 Å². The summed E-state index contributed by atoms with van der Waals surface area (Å²) in [6, 6.07) is 5.26. The maximum Gasteiger partial charge on any atom is 0.214 e. The molecule has 0 aliphatic rings. The van der Waals surface area contributed by atoms with Crippen LogP contribution in [0.2, 0.25) is 0 Å². The zero-order valence-electron chi connectivity index (χ0n) is 9.93. The third-order valence-electron chi connectivity index (χ3n) is 1.97. The van der Waals surface area contributed by atoms with Crippen molar-refractivity contribution in [2.24, 2.45) is 0 Å². The standard InChI is InChI=1S/C10H17N3O3S/c1-3-12-17(14,15)8-7-11-9-5-4-6-10(13-9)16-2/h4-6,12H,3,7-8H2,1-2H3,(H,11,13). The van der Waals surface area contributed by atoms with Crippen molar-refractivity contribution < 1.29 is 13.2 Å². The molecule has 1 rings (SSSR count). The van der Waals surface area contributed by atoms with E-state index < -0.39 is 10.0 Å².